The van der Waals surface area contributed by atoms with Crippen molar-refractivity contribution in [3.05, 3.63) is 53.6 Å². The highest BCUT2D eigenvalue weighted by Crippen LogP contribution is 2.26. The van der Waals surface area contributed by atoms with Gasteiger partial charge in [-0.1, -0.05) is 19.4 Å². The summed E-state index contributed by atoms with van der Waals surface area (Å²) in [6, 6.07) is 9.42. The van der Waals surface area contributed by atoms with E-state index in [0.717, 1.165) is 49.1 Å². The van der Waals surface area contributed by atoms with Crippen LogP contribution in [-0.4, -0.2) is 41.3 Å². The summed E-state index contributed by atoms with van der Waals surface area (Å²) in [5.74, 6) is 0.118. The van der Waals surface area contributed by atoms with Crippen molar-refractivity contribution in [3.63, 3.8) is 0 Å². The molecule has 7 nitrogen and oxygen atoms in total. The van der Waals surface area contributed by atoms with Crippen molar-refractivity contribution < 1.29 is 17.6 Å². The molecule has 0 unspecified atom stereocenters. The van der Waals surface area contributed by atoms with Crippen LogP contribution in [-0.2, 0) is 27.8 Å². The predicted octanol–water partition coefficient (Wildman–Crippen LogP) is 4.64. The summed E-state index contributed by atoms with van der Waals surface area (Å²) in [6.07, 6.45) is 4.29. The lowest BCUT2D eigenvalue weighted by molar-refractivity contribution is -0.116. The van der Waals surface area contributed by atoms with E-state index in [1.165, 1.54) is 16.4 Å². The zero-order valence-electron chi connectivity index (χ0n) is 19.7. The number of anilines is 1. The van der Waals surface area contributed by atoms with E-state index in [9.17, 15) is 17.6 Å². The van der Waals surface area contributed by atoms with Crippen molar-refractivity contribution in [2.75, 3.05) is 18.4 Å². The predicted molar refractivity (Wildman–Crippen MR) is 131 cm³/mol. The van der Waals surface area contributed by atoms with Crippen LogP contribution in [0.3, 0.4) is 0 Å². The highest BCUT2D eigenvalue weighted by molar-refractivity contribution is 7.89. The minimum absolute atomic E-state index is 0.185. The molecule has 1 aliphatic heterocycles. The van der Waals surface area contributed by atoms with Gasteiger partial charge in [-0.05, 0) is 62.1 Å². The van der Waals surface area contributed by atoms with Gasteiger partial charge in [-0.2, -0.15) is 4.31 Å². The molecule has 0 atom stereocenters. The number of halogens is 1. The molecular formula is C25H31FN4O3S. The number of hydrogen-bond donors (Lipinski definition) is 1. The van der Waals surface area contributed by atoms with Crippen molar-refractivity contribution in [1.82, 2.24) is 13.9 Å². The van der Waals surface area contributed by atoms with Crippen LogP contribution in [0.1, 0.15) is 50.4 Å². The second kappa shape index (κ2) is 10.2. The summed E-state index contributed by atoms with van der Waals surface area (Å²) < 4.78 is 43.1. The highest BCUT2D eigenvalue weighted by Gasteiger charge is 2.28. The summed E-state index contributed by atoms with van der Waals surface area (Å²) in [7, 11) is -3.53. The van der Waals surface area contributed by atoms with Crippen LogP contribution in [0.2, 0.25) is 0 Å². The molecular weight excluding hydrogens is 455 g/mol. The number of hydrogen-bond acceptors (Lipinski definition) is 4. The van der Waals surface area contributed by atoms with Crippen molar-refractivity contribution in [2.24, 2.45) is 0 Å². The zero-order valence-corrected chi connectivity index (χ0v) is 20.5. The lowest BCUT2D eigenvalue weighted by atomic mass is 10.2. The largest absolute Gasteiger partial charge is 0.328 e. The van der Waals surface area contributed by atoms with Gasteiger partial charge < -0.3 is 9.88 Å². The molecule has 4 rings (SSSR count). The van der Waals surface area contributed by atoms with Gasteiger partial charge in [-0.25, -0.2) is 17.8 Å². The molecule has 1 saturated heterocycles. The molecule has 1 aliphatic rings. The monoisotopic (exact) mass is 486 g/mol. The fourth-order valence-electron chi connectivity index (χ4n) is 4.32. The van der Waals surface area contributed by atoms with Crippen LogP contribution in [0.5, 0.6) is 0 Å². The van der Waals surface area contributed by atoms with E-state index in [1.807, 2.05) is 13.0 Å². The van der Waals surface area contributed by atoms with Gasteiger partial charge in [0.15, 0.2) is 0 Å². The van der Waals surface area contributed by atoms with E-state index in [0.29, 0.717) is 30.7 Å². The molecule has 1 N–H and O–H groups in total. The Morgan fingerprint density at radius 2 is 1.91 bits per heavy atom. The summed E-state index contributed by atoms with van der Waals surface area (Å²) >= 11 is 0. The van der Waals surface area contributed by atoms with Crippen LogP contribution >= 0.6 is 0 Å². The zero-order chi connectivity index (χ0) is 24.3. The van der Waals surface area contributed by atoms with Crippen LogP contribution in [0.25, 0.3) is 11.0 Å². The fourth-order valence-corrected chi connectivity index (χ4v) is 5.86. The third-order valence-corrected chi connectivity index (χ3v) is 8.18. The molecule has 3 aromatic rings. The second-order valence-electron chi connectivity index (χ2n) is 8.80. The summed E-state index contributed by atoms with van der Waals surface area (Å²) in [4.78, 5) is 17.5. The molecule has 2 aromatic carbocycles. The first-order chi connectivity index (χ1) is 16.3. The molecule has 0 radical (unpaired) electrons. The van der Waals surface area contributed by atoms with E-state index in [4.69, 9.17) is 4.98 Å². The normalized spacial score (nSPS) is 14.7. The maximum Gasteiger partial charge on any atom is 0.243 e. The second-order valence-corrected chi connectivity index (χ2v) is 10.7. The van der Waals surface area contributed by atoms with Crippen LogP contribution in [0, 0.1) is 12.7 Å². The number of imidazole rings is 1. The number of nitrogens with one attached hydrogen (secondary N) is 1. The molecule has 1 fully saturated rings. The SMILES string of the molecule is CCCCn1c(CCC(=O)Nc2cc(F)ccc2C)nc2cc(S(=O)(=O)N3CCCC3)ccc21. The van der Waals surface area contributed by atoms with Gasteiger partial charge in [0.05, 0.1) is 15.9 Å². The Labute approximate surface area is 200 Å². The first-order valence-corrected chi connectivity index (χ1v) is 13.3. The maximum atomic E-state index is 13.5. The number of carbonyl (C=O) groups is 1. The molecule has 1 aromatic heterocycles. The Hall–Kier alpha value is -2.78. The Bertz CT molecular complexity index is 1300. The average Bonchev–Trinajstić information content (AvgIpc) is 3.47. The molecule has 0 bridgehead atoms. The number of rotatable bonds is 9. The number of nitrogens with zero attached hydrogens (tertiary/aromatic N) is 3. The van der Waals surface area contributed by atoms with Crippen molar-refractivity contribution in [1.29, 1.82) is 0 Å². The Morgan fingerprint density at radius 1 is 1.15 bits per heavy atom. The first kappa shape index (κ1) is 24.3. The molecule has 1 amide bonds. The van der Waals surface area contributed by atoms with E-state index in [-0.39, 0.29) is 17.2 Å². The average molecular weight is 487 g/mol. The highest BCUT2D eigenvalue weighted by atomic mass is 32.2. The lowest BCUT2D eigenvalue weighted by Gasteiger charge is -2.15. The van der Waals surface area contributed by atoms with Gasteiger partial charge in [0, 0.05) is 38.2 Å². The molecule has 34 heavy (non-hydrogen) atoms. The van der Waals surface area contributed by atoms with E-state index in [1.54, 1.807) is 18.2 Å². The number of aryl methyl sites for hydroxylation is 3. The minimum atomic E-state index is -3.53. The number of benzene rings is 2. The number of aromatic nitrogens is 2. The van der Waals surface area contributed by atoms with Crippen molar-refractivity contribution in [2.45, 2.75) is 63.8 Å². The van der Waals surface area contributed by atoms with Gasteiger partial charge in [0.2, 0.25) is 15.9 Å². The van der Waals surface area contributed by atoms with Gasteiger partial charge in [-0.3, -0.25) is 4.79 Å². The van der Waals surface area contributed by atoms with E-state index in [2.05, 4.69) is 16.8 Å². The molecule has 0 saturated carbocycles. The van der Waals surface area contributed by atoms with Gasteiger partial charge >= 0.3 is 0 Å². The van der Waals surface area contributed by atoms with E-state index < -0.39 is 15.8 Å². The maximum absolute atomic E-state index is 13.5. The van der Waals surface area contributed by atoms with Gasteiger partial charge in [0.1, 0.15) is 11.6 Å². The number of fused-ring (bicyclic) bond motifs is 1. The fraction of sp³-hybridized carbons (Fsp3) is 0.440. The number of amides is 1. The lowest BCUT2D eigenvalue weighted by Crippen LogP contribution is -2.27. The van der Waals surface area contributed by atoms with Gasteiger partial charge in [-0.15, -0.1) is 0 Å². The molecule has 2 heterocycles. The molecule has 9 heteroatoms. The van der Waals surface area contributed by atoms with Crippen molar-refractivity contribution in [3.8, 4) is 0 Å². The third-order valence-electron chi connectivity index (χ3n) is 6.29. The first-order valence-electron chi connectivity index (χ1n) is 11.8. The summed E-state index contributed by atoms with van der Waals surface area (Å²) in [5, 5.41) is 2.78. The standard InChI is InChI=1S/C25H31FN4O3S/c1-3-4-15-30-23-10-9-20(34(32,33)29-13-5-6-14-29)17-22(23)27-24(30)11-12-25(31)28-21-16-19(26)8-7-18(21)2/h7-10,16-17H,3-6,11-15H2,1-2H3,(H,28,31). The van der Waals surface area contributed by atoms with Crippen molar-refractivity contribution >= 4 is 32.7 Å². The van der Waals surface area contributed by atoms with E-state index >= 15 is 0 Å². The Balaban J connectivity index is 1.56. The number of carbonyl (C=O) groups excluding carboxylic acids is 1. The smallest absolute Gasteiger partial charge is 0.243 e. The topological polar surface area (TPSA) is 84.3 Å². The molecule has 0 spiro atoms. The quantitative estimate of drug-likeness (QED) is 0.478. The minimum Gasteiger partial charge on any atom is -0.328 e. The van der Waals surface area contributed by atoms with Crippen LogP contribution in [0.4, 0.5) is 10.1 Å². The summed E-state index contributed by atoms with van der Waals surface area (Å²) in [6.45, 7) is 5.76. The molecule has 0 aliphatic carbocycles. The molecule has 182 valence electrons. The number of unbranched alkanes of at least 4 members (excludes halogenated alkanes) is 1. The van der Waals surface area contributed by atoms with Crippen LogP contribution in [0.15, 0.2) is 41.3 Å². The number of sulfonamides is 1. The third kappa shape index (κ3) is 5.15. The summed E-state index contributed by atoms with van der Waals surface area (Å²) in [5.41, 5.74) is 2.73. The Morgan fingerprint density at radius 3 is 2.65 bits per heavy atom. The van der Waals surface area contributed by atoms with Crippen LogP contribution < -0.4 is 5.32 Å². The Kier molecular flexibility index (Phi) is 7.33. The van der Waals surface area contributed by atoms with Gasteiger partial charge in [0.25, 0.3) is 0 Å².